The van der Waals surface area contributed by atoms with Crippen molar-refractivity contribution < 1.29 is 14.3 Å². The average Bonchev–Trinajstić information content (AvgIpc) is 2.45. The molecule has 0 aliphatic rings. The average molecular weight is 401 g/mol. The van der Waals surface area contributed by atoms with Crippen LogP contribution < -0.4 is 9.47 Å². The number of aromatic nitrogens is 1. The van der Waals surface area contributed by atoms with Crippen molar-refractivity contribution in [3.8, 4) is 11.5 Å². The van der Waals surface area contributed by atoms with Gasteiger partial charge >= 0.3 is 0 Å². The van der Waals surface area contributed by atoms with Gasteiger partial charge in [0.25, 0.3) is 0 Å². The van der Waals surface area contributed by atoms with Gasteiger partial charge in [0, 0.05) is 15.1 Å². The smallest absolute Gasteiger partial charge is 0.219 e. The van der Waals surface area contributed by atoms with Gasteiger partial charge in [0.15, 0.2) is 0 Å². The minimum Gasteiger partial charge on any atom is -0.496 e. The summed E-state index contributed by atoms with van der Waals surface area (Å²) < 4.78 is 11.9. The lowest BCUT2D eigenvalue weighted by atomic mass is 10.1. The lowest BCUT2D eigenvalue weighted by Gasteiger charge is -2.12. The fraction of sp³-hybridized carbons (Fsp3) is 0.143. The molecular formula is C14H11Br2NO3. The van der Waals surface area contributed by atoms with E-state index in [0.29, 0.717) is 27.2 Å². The minimum absolute atomic E-state index is 0.265. The molecule has 1 aromatic carbocycles. The van der Waals surface area contributed by atoms with Crippen molar-refractivity contribution in [3.05, 3.63) is 50.7 Å². The van der Waals surface area contributed by atoms with E-state index in [9.17, 15) is 4.79 Å². The molecule has 4 nitrogen and oxygen atoms in total. The highest BCUT2D eigenvalue weighted by Crippen LogP contribution is 2.32. The first kappa shape index (κ1) is 15.0. The van der Waals surface area contributed by atoms with Crippen LogP contribution in [0.25, 0.3) is 0 Å². The number of halogens is 2. The lowest BCUT2D eigenvalue weighted by molar-refractivity contribution is 0.102. The molecule has 0 aliphatic carbocycles. The van der Waals surface area contributed by atoms with E-state index in [0.717, 1.165) is 4.47 Å². The summed E-state index contributed by atoms with van der Waals surface area (Å²) in [6, 6.07) is 6.95. The Balaban J connectivity index is 2.58. The van der Waals surface area contributed by atoms with Crippen LogP contribution >= 0.6 is 31.9 Å². The first-order chi connectivity index (χ1) is 9.58. The zero-order valence-electron chi connectivity index (χ0n) is 10.8. The fourth-order valence-corrected chi connectivity index (χ4v) is 2.94. The van der Waals surface area contributed by atoms with Crippen molar-refractivity contribution in [3.63, 3.8) is 0 Å². The van der Waals surface area contributed by atoms with E-state index >= 15 is 0 Å². The van der Waals surface area contributed by atoms with Crippen molar-refractivity contribution in [2.75, 3.05) is 14.2 Å². The van der Waals surface area contributed by atoms with Crippen LogP contribution in [-0.4, -0.2) is 25.0 Å². The summed E-state index contributed by atoms with van der Waals surface area (Å²) in [6.07, 6.45) is 1.57. The van der Waals surface area contributed by atoms with E-state index in [1.54, 1.807) is 30.5 Å². The van der Waals surface area contributed by atoms with Gasteiger partial charge in [0.05, 0.1) is 14.2 Å². The van der Waals surface area contributed by atoms with Gasteiger partial charge in [0.2, 0.25) is 5.78 Å². The maximum Gasteiger partial charge on any atom is 0.219 e. The van der Waals surface area contributed by atoms with Crippen LogP contribution in [-0.2, 0) is 0 Å². The molecule has 6 heteroatoms. The Morgan fingerprint density at radius 1 is 1.15 bits per heavy atom. The molecule has 0 bridgehead atoms. The zero-order chi connectivity index (χ0) is 14.7. The van der Waals surface area contributed by atoms with Crippen molar-refractivity contribution in [1.29, 1.82) is 0 Å². The van der Waals surface area contributed by atoms with E-state index in [4.69, 9.17) is 9.47 Å². The summed E-state index contributed by atoms with van der Waals surface area (Å²) in [4.78, 5) is 16.8. The largest absolute Gasteiger partial charge is 0.496 e. The molecule has 0 unspecified atom stereocenters. The Kier molecular flexibility index (Phi) is 4.77. The highest BCUT2D eigenvalue weighted by molar-refractivity contribution is 9.11. The maximum absolute atomic E-state index is 12.7. The number of carbonyl (C=O) groups is 1. The van der Waals surface area contributed by atoms with Gasteiger partial charge in [-0.05, 0) is 50.1 Å². The van der Waals surface area contributed by atoms with Crippen LogP contribution in [0.1, 0.15) is 16.1 Å². The second-order valence-electron chi connectivity index (χ2n) is 3.85. The summed E-state index contributed by atoms with van der Waals surface area (Å²) >= 11 is 6.65. The number of carbonyl (C=O) groups excluding carboxylic acids is 1. The van der Waals surface area contributed by atoms with Crippen molar-refractivity contribution >= 4 is 37.6 Å². The van der Waals surface area contributed by atoms with Crippen molar-refractivity contribution in [2.45, 2.75) is 0 Å². The Labute approximate surface area is 133 Å². The highest BCUT2D eigenvalue weighted by Gasteiger charge is 2.22. The summed E-state index contributed by atoms with van der Waals surface area (Å²) in [7, 11) is 3.02. The maximum atomic E-state index is 12.7. The van der Waals surface area contributed by atoms with E-state index in [2.05, 4.69) is 36.8 Å². The monoisotopic (exact) mass is 399 g/mol. The quantitative estimate of drug-likeness (QED) is 0.731. The van der Waals surface area contributed by atoms with Gasteiger partial charge in [-0.2, -0.15) is 0 Å². The predicted octanol–water partition coefficient (Wildman–Crippen LogP) is 3.85. The molecule has 20 heavy (non-hydrogen) atoms. The first-order valence-electron chi connectivity index (χ1n) is 5.65. The predicted molar refractivity (Wildman–Crippen MR) is 82.6 cm³/mol. The summed E-state index contributed by atoms with van der Waals surface area (Å²) in [5, 5.41) is 0. The molecule has 0 saturated heterocycles. The molecule has 1 aromatic heterocycles. The molecule has 0 amide bonds. The molecule has 0 radical (unpaired) electrons. The molecule has 0 saturated carbocycles. The second-order valence-corrected chi connectivity index (χ2v) is 5.62. The van der Waals surface area contributed by atoms with Crippen LogP contribution in [0.3, 0.4) is 0 Å². The van der Waals surface area contributed by atoms with Gasteiger partial charge in [-0.25, -0.2) is 0 Å². The molecule has 2 rings (SSSR count). The highest BCUT2D eigenvalue weighted by atomic mass is 79.9. The molecule has 0 fully saturated rings. The Hall–Kier alpha value is -1.40. The Bertz CT molecular complexity index is 637. The number of nitrogens with zero attached hydrogens (tertiary/aromatic N) is 1. The zero-order valence-corrected chi connectivity index (χ0v) is 14.0. The molecule has 0 aliphatic heterocycles. The van der Waals surface area contributed by atoms with Crippen LogP contribution in [0.2, 0.25) is 0 Å². The Morgan fingerprint density at radius 2 is 1.75 bits per heavy atom. The fourth-order valence-electron chi connectivity index (χ4n) is 1.78. The van der Waals surface area contributed by atoms with E-state index in [1.807, 2.05) is 0 Å². The van der Waals surface area contributed by atoms with Gasteiger partial charge in [-0.3, -0.25) is 9.78 Å². The topological polar surface area (TPSA) is 48.4 Å². The number of methoxy groups -OCH3 is 2. The number of ether oxygens (including phenoxy) is 2. The second kappa shape index (κ2) is 6.37. The number of ketones is 1. The summed E-state index contributed by atoms with van der Waals surface area (Å²) in [5.41, 5.74) is 0.657. The van der Waals surface area contributed by atoms with Crippen LogP contribution in [0.5, 0.6) is 11.5 Å². The lowest BCUT2D eigenvalue weighted by Crippen LogP contribution is -2.09. The molecule has 104 valence electrons. The molecule has 0 atom stereocenters. The minimum atomic E-state index is -0.265. The number of hydrogen-bond donors (Lipinski definition) is 0. The third-order valence-electron chi connectivity index (χ3n) is 2.68. The summed E-state index contributed by atoms with van der Waals surface area (Å²) in [6.45, 7) is 0. The molecular weight excluding hydrogens is 390 g/mol. The number of pyridine rings is 1. The standard InChI is InChI=1S/C14H11Br2NO3/c1-19-10-4-3-5-11(20-2)12(10)14(18)13-9(16)6-8(15)7-17-13/h3-7H,1-2H3. The van der Waals surface area contributed by atoms with E-state index in [-0.39, 0.29) is 5.78 Å². The molecule has 2 aromatic rings. The van der Waals surface area contributed by atoms with Crippen LogP contribution in [0, 0.1) is 0 Å². The SMILES string of the molecule is COc1cccc(OC)c1C(=O)c1ncc(Br)cc1Br. The van der Waals surface area contributed by atoms with Crippen molar-refractivity contribution in [1.82, 2.24) is 4.98 Å². The van der Waals surface area contributed by atoms with E-state index in [1.165, 1.54) is 14.2 Å². The normalized spacial score (nSPS) is 10.2. The van der Waals surface area contributed by atoms with Gasteiger partial charge in [-0.1, -0.05) is 6.07 Å². The Morgan fingerprint density at radius 3 is 2.25 bits per heavy atom. The van der Waals surface area contributed by atoms with Crippen molar-refractivity contribution in [2.24, 2.45) is 0 Å². The van der Waals surface area contributed by atoms with E-state index < -0.39 is 0 Å². The van der Waals surface area contributed by atoms with Gasteiger partial charge < -0.3 is 9.47 Å². The third-order valence-corrected chi connectivity index (χ3v) is 3.72. The molecule has 1 heterocycles. The first-order valence-corrected chi connectivity index (χ1v) is 7.23. The summed E-state index contributed by atoms with van der Waals surface area (Å²) in [5.74, 6) is 0.635. The molecule has 0 spiro atoms. The number of benzene rings is 1. The number of hydrogen-bond acceptors (Lipinski definition) is 4. The van der Waals surface area contributed by atoms with Gasteiger partial charge in [-0.15, -0.1) is 0 Å². The number of rotatable bonds is 4. The van der Waals surface area contributed by atoms with Crippen LogP contribution in [0.15, 0.2) is 39.4 Å². The van der Waals surface area contributed by atoms with Crippen LogP contribution in [0.4, 0.5) is 0 Å². The van der Waals surface area contributed by atoms with Gasteiger partial charge in [0.1, 0.15) is 22.8 Å². The third kappa shape index (κ3) is 2.86. The molecule has 0 N–H and O–H groups in total.